The summed E-state index contributed by atoms with van der Waals surface area (Å²) in [4.78, 5) is 23.4. The summed E-state index contributed by atoms with van der Waals surface area (Å²) in [5.41, 5.74) is 0. The second-order valence-corrected chi connectivity index (χ2v) is 6.51. The number of rotatable bonds is 6. The van der Waals surface area contributed by atoms with Crippen LogP contribution in [0.2, 0.25) is 0 Å². The van der Waals surface area contributed by atoms with Crippen molar-refractivity contribution in [3.05, 3.63) is 0 Å². The summed E-state index contributed by atoms with van der Waals surface area (Å²) in [5, 5.41) is -4.48. The Labute approximate surface area is 126 Å². The zero-order chi connectivity index (χ0) is 17.0. The lowest BCUT2D eigenvalue weighted by molar-refractivity contribution is -0.165. The van der Waals surface area contributed by atoms with Gasteiger partial charge >= 0.3 is 27.3 Å². The first-order valence-electron chi connectivity index (χ1n) is 6.41. The summed E-state index contributed by atoms with van der Waals surface area (Å²) >= 11 is 0. The molecule has 0 bridgehead atoms. The molecule has 1 aliphatic carbocycles. The molecule has 0 aromatic carbocycles. The lowest BCUT2D eigenvalue weighted by Crippen LogP contribution is -2.40. The van der Waals surface area contributed by atoms with Gasteiger partial charge in [0.25, 0.3) is 0 Å². The first-order valence-corrected chi connectivity index (χ1v) is 7.82. The van der Waals surface area contributed by atoms with Crippen molar-refractivity contribution in [2.24, 2.45) is 17.7 Å². The van der Waals surface area contributed by atoms with Gasteiger partial charge in [-0.05, 0) is 12.8 Å². The Morgan fingerprint density at radius 2 is 1.68 bits per heavy atom. The van der Waals surface area contributed by atoms with Gasteiger partial charge in [0.15, 0.2) is 6.61 Å². The lowest BCUT2D eigenvalue weighted by Gasteiger charge is -2.28. The van der Waals surface area contributed by atoms with E-state index in [1.165, 1.54) is 0 Å². The smallest absolute Gasteiger partial charge is 0.404 e. The fraction of sp³-hybridized carbons (Fsp3) is 0.818. The van der Waals surface area contributed by atoms with Crippen LogP contribution in [0.4, 0.5) is 8.78 Å². The Morgan fingerprint density at radius 3 is 2.14 bits per heavy atom. The number of esters is 2. The third-order valence-corrected chi connectivity index (χ3v) is 4.55. The Hall–Kier alpha value is -1.33. The van der Waals surface area contributed by atoms with Crippen molar-refractivity contribution in [3.8, 4) is 0 Å². The van der Waals surface area contributed by atoms with E-state index in [4.69, 9.17) is 0 Å². The average molecular weight is 345 g/mol. The highest BCUT2D eigenvalue weighted by molar-refractivity contribution is 7.87. The van der Waals surface area contributed by atoms with E-state index in [-0.39, 0.29) is 6.42 Å². The Bertz CT molecular complexity index is 523. The fourth-order valence-corrected chi connectivity index (χ4v) is 2.60. The molecule has 1 saturated carbocycles. The highest BCUT2D eigenvalue weighted by atomic mass is 32.2. The van der Waals surface area contributed by atoms with Crippen molar-refractivity contribution in [2.45, 2.75) is 30.9 Å². The third-order valence-electron chi connectivity index (χ3n) is 3.45. The number of ether oxygens (including phenoxy) is 2. The Kier molecular flexibility index (Phi) is 6.20. The van der Waals surface area contributed by atoms with Gasteiger partial charge in [0.1, 0.15) is 0 Å². The van der Waals surface area contributed by atoms with Crippen LogP contribution in [0, 0.1) is 11.8 Å². The van der Waals surface area contributed by atoms with E-state index >= 15 is 0 Å². The molecule has 0 heterocycles. The number of halogens is 2. The molecular formula is C11H17F2NO7S. The number of alkyl halides is 2. The van der Waals surface area contributed by atoms with Crippen LogP contribution in [0.25, 0.3) is 0 Å². The zero-order valence-electron chi connectivity index (χ0n) is 11.8. The molecule has 0 saturated heterocycles. The molecule has 22 heavy (non-hydrogen) atoms. The molecule has 0 aromatic heterocycles. The van der Waals surface area contributed by atoms with Crippen molar-refractivity contribution in [2.75, 3.05) is 13.7 Å². The van der Waals surface area contributed by atoms with Gasteiger partial charge in [-0.2, -0.15) is 27.4 Å². The van der Waals surface area contributed by atoms with Gasteiger partial charge in [-0.25, -0.2) is 0 Å². The van der Waals surface area contributed by atoms with E-state index in [9.17, 15) is 26.8 Å². The van der Waals surface area contributed by atoms with Crippen molar-refractivity contribution >= 4 is 22.1 Å². The second kappa shape index (κ2) is 7.29. The van der Waals surface area contributed by atoms with E-state index in [1.807, 2.05) is 0 Å². The monoisotopic (exact) mass is 345 g/mol. The number of nitrogens with two attached hydrogens (primary N) is 1. The minimum atomic E-state index is -5.38. The van der Waals surface area contributed by atoms with Crippen molar-refractivity contribution in [3.63, 3.8) is 0 Å². The summed E-state index contributed by atoms with van der Waals surface area (Å²) in [7, 11) is -4.23. The minimum Gasteiger partial charge on any atom is -0.469 e. The number of methoxy groups -OCH3 is 1. The molecular weight excluding hydrogens is 328 g/mol. The van der Waals surface area contributed by atoms with Crippen LogP contribution in [0.5, 0.6) is 0 Å². The van der Waals surface area contributed by atoms with Crippen molar-refractivity contribution < 1.29 is 40.5 Å². The summed E-state index contributed by atoms with van der Waals surface area (Å²) < 4.78 is 60.4. The van der Waals surface area contributed by atoms with Gasteiger partial charge in [-0.15, -0.1) is 0 Å². The Morgan fingerprint density at radius 1 is 1.18 bits per heavy atom. The van der Waals surface area contributed by atoms with Crippen LogP contribution in [-0.4, -0.2) is 39.3 Å². The summed E-state index contributed by atoms with van der Waals surface area (Å²) in [5.74, 6) is 0.802. The summed E-state index contributed by atoms with van der Waals surface area (Å²) in [6.45, 7) is -1.74. The molecule has 1 fully saturated rings. The molecule has 128 valence electrons. The summed E-state index contributed by atoms with van der Waals surface area (Å²) in [6.07, 6.45) is 1.94. The molecule has 1 aliphatic rings. The largest absolute Gasteiger partial charge is 0.469 e. The fourth-order valence-electron chi connectivity index (χ4n) is 2.25. The van der Waals surface area contributed by atoms with E-state index < -0.39 is 45.8 Å². The highest BCUT2D eigenvalue weighted by Gasteiger charge is 2.49. The van der Waals surface area contributed by atoms with Crippen LogP contribution in [0.1, 0.15) is 25.7 Å². The Balaban J connectivity index is 2.73. The van der Waals surface area contributed by atoms with Gasteiger partial charge in [-0.3, -0.25) is 9.59 Å². The van der Waals surface area contributed by atoms with Crippen LogP contribution < -0.4 is 5.90 Å². The third kappa shape index (κ3) is 4.11. The van der Waals surface area contributed by atoms with Crippen LogP contribution >= 0.6 is 0 Å². The maximum absolute atomic E-state index is 13.3. The predicted molar refractivity (Wildman–Crippen MR) is 67.6 cm³/mol. The van der Waals surface area contributed by atoms with E-state index in [2.05, 4.69) is 19.7 Å². The van der Waals surface area contributed by atoms with Crippen LogP contribution in [-0.2, 0) is 33.5 Å². The van der Waals surface area contributed by atoms with Gasteiger partial charge in [0, 0.05) is 0 Å². The molecule has 2 N–H and O–H groups in total. The van der Waals surface area contributed by atoms with E-state index in [0.29, 0.717) is 19.3 Å². The zero-order valence-corrected chi connectivity index (χ0v) is 12.6. The van der Waals surface area contributed by atoms with E-state index in [1.54, 1.807) is 0 Å². The molecule has 0 spiro atoms. The number of carbonyl (C=O) groups excluding carboxylic acids is 2. The van der Waals surface area contributed by atoms with Gasteiger partial charge in [-0.1, -0.05) is 12.8 Å². The molecule has 2 atom stereocenters. The quantitative estimate of drug-likeness (QED) is 0.539. The SMILES string of the molecule is COC(=O)C1CCCCC1C(=O)OCC(F)(F)S(=O)(=O)ON. The molecule has 11 heteroatoms. The predicted octanol–water partition coefficient (Wildman–Crippen LogP) is 0.322. The number of hydrogen-bond donors (Lipinski definition) is 1. The number of hydrogen-bond acceptors (Lipinski definition) is 8. The molecule has 8 nitrogen and oxygen atoms in total. The molecule has 0 amide bonds. The first-order chi connectivity index (χ1) is 10.2. The van der Waals surface area contributed by atoms with E-state index in [0.717, 1.165) is 7.11 Å². The molecule has 2 unspecified atom stereocenters. The van der Waals surface area contributed by atoms with Crippen molar-refractivity contribution in [1.82, 2.24) is 0 Å². The molecule has 0 aliphatic heterocycles. The topological polar surface area (TPSA) is 122 Å². The minimum absolute atomic E-state index is 0.268. The lowest BCUT2D eigenvalue weighted by atomic mass is 9.79. The molecule has 0 aromatic rings. The molecule has 0 radical (unpaired) electrons. The van der Waals surface area contributed by atoms with Gasteiger partial charge < -0.3 is 9.47 Å². The highest BCUT2D eigenvalue weighted by Crippen LogP contribution is 2.32. The van der Waals surface area contributed by atoms with Crippen molar-refractivity contribution in [1.29, 1.82) is 0 Å². The standard InChI is InChI=1S/C11H17F2NO7S/c1-19-9(15)7-4-2-3-5-8(7)10(16)20-6-11(12,13)22(17,18)21-14/h7-8H,2-6,14H2,1H3. The van der Waals surface area contributed by atoms with Crippen LogP contribution in [0.15, 0.2) is 0 Å². The average Bonchev–Trinajstić information content (AvgIpc) is 2.51. The van der Waals surface area contributed by atoms with Gasteiger partial charge in [0.05, 0.1) is 18.9 Å². The van der Waals surface area contributed by atoms with Crippen LogP contribution in [0.3, 0.4) is 0 Å². The maximum Gasteiger partial charge on any atom is 0.404 e. The molecule has 1 rings (SSSR count). The normalized spacial score (nSPS) is 22.9. The second-order valence-electron chi connectivity index (χ2n) is 4.82. The number of carbonyl (C=O) groups is 2. The maximum atomic E-state index is 13.3. The first kappa shape index (κ1) is 18.7. The van der Waals surface area contributed by atoms with Gasteiger partial charge in [0.2, 0.25) is 0 Å². The summed E-state index contributed by atoms with van der Waals surface area (Å²) in [6, 6.07) is 0.